The molecular weight excluding hydrogens is 310 g/mol. The average Bonchev–Trinajstić information content (AvgIpc) is 2.55. The summed E-state index contributed by atoms with van der Waals surface area (Å²) < 4.78 is 0. The van der Waals surface area contributed by atoms with Crippen molar-refractivity contribution in [3.05, 3.63) is 53.1 Å². The molecule has 3 nitrogen and oxygen atoms in total. The van der Waals surface area contributed by atoms with E-state index in [0.717, 1.165) is 27.4 Å². The monoisotopic (exact) mass is 333 g/mol. The van der Waals surface area contributed by atoms with E-state index in [-0.39, 0.29) is 19.1 Å². The maximum absolute atomic E-state index is 9.35. The molecule has 2 aromatic carbocycles. The fourth-order valence-corrected chi connectivity index (χ4v) is 3.21. The largest absolute Gasteiger partial charge is 0.395 e. The van der Waals surface area contributed by atoms with E-state index < -0.39 is 0 Å². The lowest BCUT2D eigenvalue weighted by molar-refractivity contribution is 0.281. The van der Waals surface area contributed by atoms with Gasteiger partial charge in [0.05, 0.1) is 13.2 Å². The van der Waals surface area contributed by atoms with Crippen LogP contribution in [0.15, 0.2) is 42.5 Å². The second-order valence-electron chi connectivity index (χ2n) is 5.81. The summed E-state index contributed by atoms with van der Waals surface area (Å²) in [5.41, 5.74) is 4.27. The Bertz CT molecular complexity index is 623. The van der Waals surface area contributed by atoms with Crippen LogP contribution in [-0.4, -0.2) is 36.5 Å². The molecule has 0 fully saturated rings. The lowest BCUT2D eigenvalue weighted by atomic mass is 9.90. The molecule has 0 spiro atoms. The molecule has 0 atom stereocenters. The van der Waals surface area contributed by atoms with Gasteiger partial charge in [-0.2, -0.15) is 0 Å². The van der Waals surface area contributed by atoms with Gasteiger partial charge in [0.1, 0.15) is 0 Å². The summed E-state index contributed by atoms with van der Waals surface area (Å²) in [7, 11) is 0. The highest BCUT2D eigenvalue weighted by Gasteiger charge is 2.20. The van der Waals surface area contributed by atoms with E-state index in [0.29, 0.717) is 13.1 Å². The standard InChI is InChI=1S/C19H24ClNO2/c1-14(2)18-17(21(10-12-22)11-13-23)9-8-16(20)19(18)15-6-4-3-5-7-15/h3-9,14,22-23H,10-13H2,1-2H3. The first-order valence-corrected chi connectivity index (χ1v) is 8.32. The van der Waals surface area contributed by atoms with Crippen molar-refractivity contribution in [2.24, 2.45) is 0 Å². The summed E-state index contributed by atoms with van der Waals surface area (Å²) in [6, 6.07) is 14.0. The lowest BCUT2D eigenvalue weighted by Crippen LogP contribution is -2.30. The Morgan fingerprint density at radius 3 is 2.09 bits per heavy atom. The van der Waals surface area contributed by atoms with Crippen LogP contribution in [0.4, 0.5) is 5.69 Å². The quantitative estimate of drug-likeness (QED) is 0.807. The number of halogens is 1. The third-order valence-corrected chi connectivity index (χ3v) is 4.21. The van der Waals surface area contributed by atoms with Gasteiger partial charge in [0.15, 0.2) is 0 Å². The number of benzene rings is 2. The Morgan fingerprint density at radius 2 is 1.57 bits per heavy atom. The van der Waals surface area contributed by atoms with E-state index in [4.69, 9.17) is 11.6 Å². The summed E-state index contributed by atoms with van der Waals surface area (Å²) in [4.78, 5) is 2.01. The van der Waals surface area contributed by atoms with Crippen LogP contribution in [0.1, 0.15) is 25.3 Å². The number of hydrogen-bond donors (Lipinski definition) is 2. The van der Waals surface area contributed by atoms with Crippen molar-refractivity contribution in [3.8, 4) is 11.1 Å². The molecule has 0 bridgehead atoms. The fraction of sp³-hybridized carbons (Fsp3) is 0.368. The van der Waals surface area contributed by atoms with Crippen LogP contribution < -0.4 is 4.90 Å². The zero-order valence-electron chi connectivity index (χ0n) is 13.7. The molecular formula is C19H24ClNO2. The van der Waals surface area contributed by atoms with E-state index in [1.54, 1.807) is 0 Å². The normalized spacial score (nSPS) is 11.0. The van der Waals surface area contributed by atoms with Crippen LogP contribution in [0.5, 0.6) is 0 Å². The number of aliphatic hydroxyl groups is 2. The second kappa shape index (κ2) is 8.34. The highest BCUT2D eigenvalue weighted by Crippen LogP contribution is 2.41. The molecule has 0 aliphatic rings. The Morgan fingerprint density at radius 1 is 0.957 bits per heavy atom. The molecule has 0 aromatic heterocycles. The van der Waals surface area contributed by atoms with E-state index in [1.807, 2.05) is 35.2 Å². The molecule has 2 N–H and O–H groups in total. The van der Waals surface area contributed by atoms with Crippen LogP contribution in [0.25, 0.3) is 11.1 Å². The molecule has 0 heterocycles. The van der Waals surface area contributed by atoms with Crippen LogP contribution >= 0.6 is 11.6 Å². The van der Waals surface area contributed by atoms with Crippen molar-refractivity contribution in [2.75, 3.05) is 31.2 Å². The van der Waals surface area contributed by atoms with E-state index in [2.05, 4.69) is 26.0 Å². The first-order chi connectivity index (χ1) is 11.1. The molecule has 2 aromatic rings. The van der Waals surface area contributed by atoms with Crippen LogP contribution in [0.2, 0.25) is 5.02 Å². The average molecular weight is 334 g/mol. The number of hydrogen-bond acceptors (Lipinski definition) is 3. The molecule has 0 amide bonds. The number of nitrogens with zero attached hydrogens (tertiary/aromatic N) is 1. The van der Waals surface area contributed by atoms with Gasteiger partial charge in [0.25, 0.3) is 0 Å². The Hall–Kier alpha value is -1.55. The van der Waals surface area contributed by atoms with Gasteiger partial charge in [-0.05, 0) is 29.2 Å². The Kier molecular flexibility index (Phi) is 6.46. The molecule has 0 unspecified atom stereocenters. The molecule has 0 radical (unpaired) electrons. The predicted octanol–water partition coefficient (Wildman–Crippen LogP) is 3.92. The Balaban J connectivity index is 2.65. The van der Waals surface area contributed by atoms with Gasteiger partial charge in [0.2, 0.25) is 0 Å². The maximum Gasteiger partial charge on any atom is 0.0606 e. The highest BCUT2D eigenvalue weighted by molar-refractivity contribution is 6.33. The van der Waals surface area contributed by atoms with Crippen molar-refractivity contribution in [2.45, 2.75) is 19.8 Å². The van der Waals surface area contributed by atoms with Crippen molar-refractivity contribution in [3.63, 3.8) is 0 Å². The van der Waals surface area contributed by atoms with E-state index >= 15 is 0 Å². The van der Waals surface area contributed by atoms with Gasteiger partial charge >= 0.3 is 0 Å². The molecule has 4 heteroatoms. The first-order valence-electron chi connectivity index (χ1n) is 7.94. The molecule has 0 aliphatic heterocycles. The van der Waals surface area contributed by atoms with Gasteiger partial charge in [-0.25, -0.2) is 0 Å². The van der Waals surface area contributed by atoms with Crippen molar-refractivity contribution >= 4 is 17.3 Å². The van der Waals surface area contributed by atoms with Gasteiger partial charge in [-0.1, -0.05) is 55.8 Å². The van der Waals surface area contributed by atoms with Gasteiger partial charge in [-0.15, -0.1) is 0 Å². The molecule has 0 aliphatic carbocycles. The minimum atomic E-state index is 0.0425. The summed E-state index contributed by atoms with van der Waals surface area (Å²) in [6.45, 7) is 5.32. The summed E-state index contributed by atoms with van der Waals surface area (Å²) in [6.07, 6.45) is 0. The number of rotatable bonds is 7. The zero-order valence-corrected chi connectivity index (χ0v) is 14.4. The molecule has 0 saturated carbocycles. The smallest absolute Gasteiger partial charge is 0.0606 e. The van der Waals surface area contributed by atoms with Crippen molar-refractivity contribution in [1.29, 1.82) is 0 Å². The summed E-state index contributed by atoms with van der Waals surface area (Å²) >= 11 is 6.52. The maximum atomic E-state index is 9.35. The Labute approximate surface area is 143 Å². The second-order valence-corrected chi connectivity index (χ2v) is 6.22. The zero-order chi connectivity index (χ0) is 16.8. The molecule has 23 heavy (non-hydrogen) atoms. The lowest BCUT2D eigenvalue weighted by Gasteiger charge is -2.29. The van der Waals surface area contributed by atoms with Crippen LogP contribution in [0.3, 0.4) is 0 Å². The molecule has 2 rings (SSSR count). The first kappa shape index (κ1) is 17.8. The van der Waals surface area contributed by atoms with Gasteiger partial charge < -0.3 is 15.1 Å². The summed E-state index contributed by atoms with van der Waals surface area (Å²) in [5.74, 6) is 0.263. The third kappa shape index (κ3) is 4.05. The van der Waals surface area contributed by atoms with E-state index in [1.165, 1.54) is 0 Å². The minimum absolute atomic E-state index is 0.0425. The molecule has 124 valence electrons. The predicted molar refractivity (Wildman–Crippen MR) is 97.4 cm³/mol. The van der Waals surface area contributed by atoms with Crippen molar-refractivity contribution < 1.29 is 10.2 Å². The number of aliphatic hydroxyl groups excluding tert-OH is 2. The van der Waals surface area contributed by atoms with E-state index in [9.17, 15) is 10.2 Å². The highest BCUT2D eigenvalue weighted by atomic mass is 35.5. The minimum Gasteiger partial charge on any atom is -0.395 e. The SMILES string of the molecule is CC(C)c1c(N(CCO)CCO)ccc(Cl)c1-c1ccccc1. The van der Waals surface area contributed by atoms with Crippen LogP contribution in [0, 0.1) is 0 Å². The van der Waals surface area contributed by atoms with Crippen LogP contribution in [-0.2, 0) is 0 Å². The van der Waals surface area contributed by atoms with Gasteiger partial charge in [-0.3, -0.25) is 0 Å². The topological polar surface area (TPSA) is 43.7 Å². The van der Waals surface area contributed by atoms with Crippen molar-refractivity contribution in [1.82, 2.24) is 0 Å². The summed E-state index contributed by atoms with van der Waals surface area (Å²) in [5, 5.41) is 19.4. The molecule has 0 saturated heterocycles. The third-order valence-electron chi connectivity index (χ3n) is 3.89. The fourth-order valence-electron chi connectivity index (χ4n) is 2.93. The van der Waals surface area contributed by atoms with Gasteiger partial charge in [0, 0.05) is 29.4 Å². The number of anilines is 1.